The van der Waals surface area contributed by atoms with Crippen LogP contribution in [-0.4, -0.2) is 44.9 Å². The molecule has 1 aromatic heterocycles. The summed E-state index contributed by atoms with van der Waals surface area (Å²) in [6.07, 6.45) is 0.0688. The van der Waals surface area contributed by atoms with Crippen LogP contribution in [0.5, 0.6) is 0 Å². The van der Waals surface area contributed by atoms with Gasteiger partial charge in [-0.2, -0.15) is 13.2 Å². The number of imidazole rings is 1. The van der Waals surface area contributed by atoms with Crippen LogP contribution >= 0.6 is 0 Å². The number of halogens is 3. The summed E-state index contributed by atoms with van der Waals surface area (Å²) in [6.45, 7) is 3.08. The molecule has 0 spiro atoms. The minimum absolute atomic E-state index is 0.0635. The molecule has 4 aromatic rings. The fourth-order valence-corrected chi connectivity index (χ4v) is 5.48. The normalized spacial score (nSPS) is 15.4. The van der Waals surface area contributed by atoms with Crippen LogP contribution in [0.2, 0.25) is 0 Å². The second-order valence-electron chi connectivity index (χ2n) is 10.4. The van der Waals surface area contributed by atoms with Crippen molar-refractivity contribution < 1.29 is 18.0 Å². The van der Waals surface area contributed by atoms with E-state index in [-0.39, 0.29) is 17.6 Å². The van der Waals surface area contributed by atoms with Crippen LogP contribution in [0.1, 0.15) is 46.8 Å². The van der Waals surface area contributed by atoms with Gasteiger partial charge in [0.05, 0.1) is 23.6 Å². The molecule has 4 N–H and O–H groups in total. The molecular formula is C31H33F3N6O. The number of piperidine rings is 1. The lowest BCUT2D eigenvalue weighted by atomic mass is 9.94. The van der Waals surface area contributed by atoms with Gasteiger partial charge < -0.3 is 20.9 Å². The fraction of sp³-hybridized carbons (Fsp3) is 0.290. The van der Waals surface area contributed by atoms with Gasteiger partial charge in [-0.05, 0) is 66.8 Å². The number of benzene rings is 3. The summed E-state index contributed by atoms with van der Waals surface area (Å²) in [4.78, 5) is 24.8. The number of rotatable bonds is 7. The number of aromatic nitrogens is 2. The lowest BCUT2D eigenvalue weighted by molar-refractivity contribution is -0.138. The molecule has 1 fully saturated rings. The van der Waals surface area contributed by atoms with Gasteiger partial charge in [0, 0.05) is 43.2 Å². The summed E-state index contributed by atoms with van der Waals surface area (Å²) >= 11 is 0. The van der Waals surface area contributed by atoms with Crippen molar-refractivity contribution in [1.82, 2.24) is 19.8 Å². The van der Waals surface area contributed by atoms with E-state index < -0.39 is 17.8 Å². The Kier molecular flexibility index (Phi) is 8.30. The van der Waals surface area contributed by atoms with Gasteiger partial charge in [0.2, 0.25) is 0 Å². The highest BCUT2D eigenvalue weighted by Crippen LogP contribution is 2.37. The first-order chi connectivity index (χ1) is 19.7. The standard InChI is InChI=1S/C31H33F3N6O/c1-21-7-8-23(17-27(21)31(32,33)34)29(28-18-36-20-37-28)39-15-13-26(14-16-39)40(19-22-5-3-2-4-6-22)30(41)38-25-11-9-24(35)10-12-25/h2-12,17-18,20,26,29H,13-16,19,35H2,1H3,(H,36,37)(H,38,41). The smallest absolute Gasteiger partial charge is 0.399 e. The third-order valence-corrected chi connectivity index (χ3v) is 7.62. The number of anilines is 2. The van der Waals surface area contributed by atoms with Crippen molar-refractivity contribution in [2.75, 3.05) is 24.1 Å². The highest BCUT2D eigenvalue weighted by Gasteiger charge is 2.36. The first kappa shape index (κ1) is 28.2. The summed E-state index contributed by atoms with van der Waals surface area (Å²) < 4.78 is 41.3. The van der Waals surface area contributed by atoms with Gasteiger partial charge in [-0.1, -0.05) is 42.5 Å². The second-order valence-corrected chi connectivity index (χ2v) is 10.4. The SMILES string of the molecule is Cc1ccc(C(c2cnc[nH]2)N2CCC(N(Cc3ccccc3)C(=O)Nc3ccc(N)cc3)CC2)cc1C(F)(F)F. The van der Waals surface area contributed by atoms with Crippen molar-refractivity contribution in [3.8, 4) is 0 Å². The van der Waals surface area contributed by atoms with E-state index in [0.29, 0.717) is 49.4 Å². The van der Waals surface area contributed by atoms with Crippen LogP contribution in [0.3, 0.4) is 0 Å². The zero-order valence-corrected chi connectivity index (χ0v) is 22.7. The molecule has 214 valence electrons. The Morgan fingerprint density at radius 2 is 1.80 bits per heavy atom. The molecule has 7 nitrogen and oxygen atoms in total. The molecule has 0 aliphatic carbocycles. The molecular weight excluding hydrogens is 529 g/mol. The summed E-state index contributed by atoms with van der Waals surface area (Å²) in [5.74, 6) is 0. The Morgan fingerprint density at radius 1 is 1.10 bits per heavy atom. The van der Waals surface area contributed by atoms with E-state index in [2.05, 4.69) is 20.2 Å². The number of carbonyl (C=O) groups is 1. The number of alkyl halides is 3. The predicted octanol–water partition coefficient (Wildman–Crippen LogP) is 6.61. The van der Waals surface area contributed by atoms with Crippen molar-refractivity contribution in [2.45, 2.75) is 44.6 Å². The number of nitrogens with two attached hydrogens (primary N) is 1. The molecule has 2 amide bonds. The number of nitrogen functional groups attached to an aromatic ring is 1. The molecule has 0 radical (unpaired) electrons. The number of hydrogen-bond acceptors (Lipinski definition) is 4. The van der Waals surface area contributed by atoms with Crippen LogP contribution in [0.25, 0.3) is 0 Å². The van der Waals surface area contributed by atoms with Crippen LogP contribution in [0, 0.1) is 6.92 Å². The van der Waals surface area contributed by atoms with E-state index in [1.165, 1.54) is 25.4 Å². The molecule has 41 heavy (non-hydrogen) atoms. The van der Waals surface area contributed by atoms with Gasteiger partial charge in [-0.15, -0.1) is 0 Å². The van der Waals surface area contributed by atoms with Crippen LogP contribution in [0.15, 0.2) is 85.3 Å². The van der Waals surface area contributed by atoms with E-state index in [1.54, 1.807) is 36.5 Å². The maximum atomic E-state index is 13.8. The first-order valence-electron chi connectivity index (χ1n) is 13.6. The summed E-state index contributed by atoms with van der Waals surface area (Å²) in [5.41, 5.74) is 8.90. The Morgan fingerprint density at radius 3 is 2.44 bits per heavy atom. The van der Waals surface area contributed by atoms with Gasteiger partial charge in [0.15, 0.2) is 0 Å². The van der Waals surface area contributed by atoms with E-state index in [9.17, 15) is 18.0 Å². The number of nitrogens with zero attached hydrogens (tertiary/aromatic N) is 3. The number of urea groups is 1. The third-order valence-electron chi connectivity index (χ3n) is 7.62. The molecule has 10 heteroatoms. The molecule has 3 aromatic carbocycles. The summed E-state index contributed by atoms with van der Waals surface area (Å²) in [7, 11) is 0. The highest BCUT2D eigenvalue weighted by molar-refractivity contribution is 5.89. The minimum Gasteiger partial charge on any atom is -0.399 e. The quantitative estimate of drug-likeness (QED) is 0.221. The maximum Gasteiger partial charge on any atom is 0.416 e. The van der Waals surface area contributed by atoms with Gasteiger partial charge >= 0.3 is 12.2 Å². The summed E-state index contributed by atoms with van der Waals surface area (Å²) in [6, 6.07) is 20.6. The van der Waals surface area contributed by atoms with Gasteiger partial charge in [-0.3, -0.25) is 4.90 Å². The number of likely N-dealkylation sites (tertiary alicyclic amines) is 1. The highest BCUT2D eigenvalue weighted by atomic mass is 19.4. The molecule has 1 aliphatic heterocycles. The Hall–Kier alpha value is -4.31. The maximum absolute atomic E-state index is 13.8. The third kappa shape index (κ3) is 6.71. The Balaban J connectivity index is 1.37. The summed E-state index contributed by atoms with van der Waals surface area (Å²) in [5, 5.41) is 2.99. The minimum atomic E-state index is -4.44. The van der Waals surface area contributed by atoms with E-state index in [4.69, 9.17) is 5.73 Å². The number of aromatic amines is 1. The van der Waals surface area contributed by atoms with Crippen LogP contribution in [0.4, 0.5) is 29.3 Å². The molecule has 1 atom stereocenters. The van der Waals surface area contributed by atoms with Gasteiger partial charge in [-0.25, -0.2) is 9.78 Å². The molecule has 1 unspecified atom stereocenters. The van der Waals surface area contributed by atoms with Crippen LogP contribution < -0.4 is 11.1 Å². The number of H-pyrrole nitrogens is 1. The monoisotopic (exact) mass is 562 g/mol. The van der Waals surface area contributed by atoms with Gasteiger partial charge in [0.25, 0.3) is 0 Å². The average Bonchev–Trinajstić information content (AvgIpc) is 3.49. The first-order valence-corrected chi connectivity index (χ1v) is 13.6. The van der Waals surface area contributed by atoms with Gasteiger partial charge in [0.1, 0.15) is 0 Å². The molecule has 1 saturated heterocycles. The van der Waals surface area contributed by atoms with E-state index in [0.717, 1.165) is 11.3 Å². The van der Waals surface area contributed by atoms with E-state index in [1.807, 2.05) is 35.2 Å². The number of hydrogen-bond donors (Lipinski definition) is 3. The second kappa shape index (κ2) is 12.1. The lowest BCUT2D eigenvalue weighted by Gasteiger charge is -2.41. The molecule has 1 aliphatic rings. The lowest BCUT2D eigenvalue weighted by Crippen LogP contribution is -2.49. The molecule has 0 saturated carbocycles. The van der Waals surface area contributed by atoms with Crippen molar-refractivity contribution in [3.63, 3.8) is 0 Å². The van der Waals surface area contributed by atoms with Crippen molar-refractivity contribution in [1.29, 1.82) is 0 Å². The van der Waals surface area contributed by atoms with Crippen molar-refractivity contribution >= 4 is 17.4 Å². The fourth-order valence-electron chi connectivity index (χ4n) is 5.48. The predicted molar refractivity (Wildman–Crippen MR) is 153 cm³/mol. The number of nitrogens with one attached hydrogen (secondary N) is 2. The largest absolute Gasteiger partial charge is 0.416 e. The zero-order chi connectivity index (χ0) is 29.0. The molecule has 0 bridgehead atoms. The molecule has 5 rings (SSSR count). The van der Waals surface area contributed by atoms with E-state index >= 15 is 0 Å². The zero-order valence-electron chi connectivity index (χ0n) is 22.7. The number of aryl methyl sites for hydroxylation is 1. The topological polar surface area (TPSA) is 90.3 Å². The average molecular weight is 563 g/mol. The molecule has 2 heterocycles. The van der Waals surface area contributed by atoms with Crippen molar-refractivity contribution in [3.05, 3.63) is 113 Å². The van der Waals surface area contributed by atoms with Crippen LogP contribution in [-0.2, 0) is 12.7 Å². The number of amides is 2. The van der Waals surface area contributed by atoms with Crippen molar-refractivity contribution in [2.24, 2.45) is 0 Å². The Labute approximate surface area is 237 Å². The Bertz CT molecular complexity index is 1430. The number of carbonyl (C=O) groups excluding carboxylic acids is 1.